The Kier molecular flexibility index (Phi) is 4.13. The van der Waals surface area contributed by atoms with E-state index in [2.05, 4.69) is 10.2 Å². The quantitative estimate of drug-likeness (QED) is 0.923. The van der Waals surface area contributed by atoms with E-state index in [9.17, 15) is 13.2 Å². The van der Waals surface area contributed by atoms with Crippen LogP contribution in [0.1, 0.15) is 50.2 Å². The van der Waals surface area contributed by atoms with Crippen LogP contribution in [0.4, 0.5) is 13.2 Å². The maximum absolute atomic E-state index is 12.6. The van der Waals surface area contributed by atoms with Crippen molar-refractivity contribution in [2.45, 2.75) is 57.8 Å². The first-order valence-electron chi connectivity index (χ1n) is 6.66. The van der Waals surface area contributed by atoms with Gasteiger partial charge in [0.25, 0.3) is 0 Å². The Balaban J connectivity index is 2.08. The molecular formula is C12H19F3N4. The molecule has 2 rings (SSSR count). The van der Waals surface area contributed by atoms with Crippen molar-refractivity contribution in [1.82, 2.24) is 14.8 Å². The minimum Gasteiger partial charge on any atom is -0.324 e. The van der Waals surface area contributed by atoms with Gasteiger partial charge in [-0.1, -0.05) is 0 Å². The van der Waals surface area contributed by atoms with Crippen molar-refractivity contribution < 1.29 is 13.2 Å². The van der Waals surface area contributed by atoms with E-state index >= 15 is 0 Å². The van der Waals surface area contributed by atoms with E-state index in [4.69, 9.17) is 5.73 Å². The van der Waals surface area contributed by atoms with Gasteiger partial charge < -0.3 is 10.3 Å². The molecule has 0 atom stereocenters. The molecule has 1 aromatic rings. The molecule has 0 saturated heterocycles. The van der Waals surface area contributed by atoms with Gasteiger partial charge in [0.1, 0.15) is 11.6 Å². The number of nitrogens with two attached hydrogens (primary N) is 1. The third-order valence-electron chi connectivity index (χ3n) is 3.91. The highest BCUT2D eigenvalue weighted by atomic mass is 19.4. The largest absolute Gasteiger partial charge is 0.391 e. The Morgan fingerprint density at radius 1 is 1.21 bits per heavy atom. The van der Waals surface area contributed by atoms with Crippen LogP contribution >= 0.6 is 0 Å². The predicted octanol–water partition coefficient (Wildman–Crippen LogP) is 2.59. The lowest BCUT2D eigenvalue weighted by Gasteiger charge is -2.29. The van der Waals surface area contributed by atoms with E-state index in [-0.39, 0.29) is 18.8 Å². The molecule has 2 N–H and O–H groups in total. The SMILES string of the molecule is CCn1c(CN)nnc1C1CCC(C(F)(F)F)CC1. The molecule has 108 valence electrons. The average molecular weight is 276 g/mol. The van der Waals surface area contributed by atoms with Gasteiger partial charge in [-0.25, -0.2) is 0 Å². The van der Waals surface area contributed by atoms with Gasteiger partial charge in [-0.05, 0) is 32.6 Å². The van der Waals surface area contributed by atoms with Crippen LogP contribution in [0.25, 0.3) is 0 Å². The number of alkyl halides is 3. The van der Waals surface area contributed by atoms with Crippen molar-refractivity contribution in [2.75, 3.05) is 0 Å². The molecule has 0 aliphatic heterocycles. The predicted molar refractivity (Wildman–Crippen MR) is 64.3 cm³/mol. The van der Waals surface area contributed by atoms with Gasteiger partial charge in [0, 0.05) is 12.5 Å². The molecule has 0 radical (unpaired) electrons. The van der Waals surface area contributed by atoms with Crippen LogP contribution in [0.5, 0.6) is 0 Å². The standard InChI is InChI=1S/C12H19F3N4/c1-2-19-10(7-16)17-18-11(19)8-3-5-9(6-4-8)12(13,14)15/h8-9H,2-7,16H2,1H3. The molecule has 1 fully saturated rings. The summed E-state index contributed by atoms with van der Waals surface area (Å²) in [5.41, 5.74) is 5.58. The normalized spacial score (nSPS) is 24.7. The Hall–Kier alpha value is -1.11. The second kappa shape index (κ2) is 5.48. The van der Waals surface area contributed by atoms with Gasteiger partial charge in [0.05, 0.1) is 12.5 Å². The Labute approximate surface area is 110 Å². The lowest BCUT2D eigenvalue weighted by Crippen LogP contribution is -2.28. The summed E-state index contributed by atoms with van der Waals surface area (Å²) in [4.78, 5) is 0. The highest BCUT2D eigenvalue weighted by Crippen LogP contribution is 2.42. The van der Waals surface area contributed by atoms with Crippen LogP contribution in [0.2, 0.25) is 0 Å². The van der Waals surface area contributed by atoms with Gasteiger partial charge >= 0.3 is 6.18 Å². The molecule has 0 amide bonds. The van der Waals surface area contributed by atoms with Crippen molar-refractivity contribution in [2.24, 2.45) is 11.7 Å². The first-order chi connectivity index (χ1) is 8.97. The molecule has 1 saturated carbocycles. The molecule has 0 unspecified atom stereocenters. The van der Waals surface area contributed by atoms with Crippen LogP contribution in [0.3, 0.4) is 0 Å². The van der Waals surface area contributed by atoms with Crippen molar-refractivity contribution in [3.05, 3.63) is 11.6 Å². The fraction of sp³-hybridized carbons (Fsp3) is 0.833. The van der Waals surface area contributed by atoms with Crippen LogP contribution in [0.15, 0.2) is 0 Å². The molecule has 1 aromatic heterocycles. The van der Waals surface area contributed by atoms with Gasteiger partial charge in [-0.2, -0.15) is 13.2 Å². The minimum atomic E-state index is -4.06. The van der Waals surface area contributed by atoms with Crippen LogP contribution in [0, 0.1) is 5.92 Å². The first kappa shape index (κ1) is 14.3. The van der Waals surface area contributed by atoms with E-state index in [1.54, 1.807) is 0 Å². The molecule has 0 aromatic carbocycles. The molecule has 1 aliphatic carbocycles. The van der Waals surface area contributed by atoms with Crippen molar-refractivity contribution in [3.63, 3.8) is 0 Å². The zero-order chi connectivity index (χ0) is 14.0. The summed E-state index contributed by atoms with van der Waals surface area (Å²) in [6.07, 6.45) is -2.66. The second-order valence-electron chi connectivity index (χ2n) is 5.01. The third kappa shape index (κ3) is 2.91. The Morgan fingerprint density at radius 2 is 1.84 bits per heavy atom. The monoisotopic (exact) mass is 276 g/mol. The molecular weight excluding hydrogens is 257 g/mol. The maximum Gasteiger partial charge on any atom is 0.391 e. The number of nitrogens with zero attached hydrogens (tertiary/aromatic N) is 3. The van der Waals surface area contributed by atoms with E-state index in [1.807, 2.05) is 11.5 Å². The zero-order valence-corrected chi connectivity index (χ0v) is 11.0. The summed E-state index contributed by atoms with van der Waals surface area (Å²) in [5.74, 6) is 0.418. The fourth-order valence-corrected chi connectivity index (χ4v) is 2.83. The Morgan fingerprint density at radius 3 is 2.32 bits per heavy atom. The number of rotatable bonds is 3. The van der Waals surface area contributed by atoms with Gasteiger partial charge in [-0.3, -0.25) is 0 Å². The molecule has 7 heteroatoms. The number of hydrogen-bond acceptors (Lipinski definition) is 3. The summed E-state index contributed by atoms with van der Waals surface area (Å²) in [5, 5.41) is 8.13. The summed E-state index contributed by atoms with van der Waals surface area (Å²) < 4.78 is 39.8. The molecule has 4 nitrogen and oxygen atoms in total. The fourth-order valence-electron chi connectivity index (χ4n) is 2.83. The summed E-state index contributed by atoms with van der Waals surface area (Å²) in [6, 6.07) is 0. The molecule has 0 spiro atoms. The number of halogens is 3. The van der Waals surface area contributed by atoms with Crippen molar-refractivity contribution in [1.29, 1.82) is 0 Å². The minimum absolute atomic E-state index is 0.0753. The third-order valence-corrected chi connectivity index (χ3v) is 3.91. The Bertz CT molecular complexity index is 419. The topological polar surface area (TPSA) is 56.7 Å². The molecule has 1 heterocycles. The van der Waals surface area contributed by atoms with E-state index in [0.717, 1.165) is 5.82 Å². The molecule has 0 bridgehead atoms. The average Bonchev–Trinajstić information content (AvgIpc) is 2.80. The van der Waals surface area contributed by atoms with Crippen molar-refractivity contribution >= 4 is 0 Å². The van der Waals surface area contributed by atoms with Crippen LogP contribution < -0.4 is 5.73 Å². The highest BCUT2D eigenvalue weighted by molar-refractivity contribution is 5.04. The number of hydrogen-bond donors (Lipinski definition) is 1. The maximum atomic E-state index is 12.6. The van der Waals surface area contributed by atoms with Gasteiger partial charge in [0.15, 0.2) is 0 Å². The van der Waals surface area contributed by atoms with E-state index in [0.29, 0.717) is 31.8 Å². The lowest BCUT2D eigenvalue weighted by atomic mass is 9.81. The molecule has 19 heavy (non-hydrogen) atoms. The van der Waals surface area contributed by atoms with Gasteiger partial charge in [0.2, 0.25) is 0 Å². The summed E-state index contributed by atoms with van der Waals surface area (Å²) in [7, 11) is 0. The second-order valence-corrected chi connectivity index (χ2v) is 5.01. The molecule has 1 aliphatic rings. The zero-order valence-electron chi connectivity index (χ0n) is 11.0. The van der Waals surface area contributed by atoms with Crippen LogP contribution in [-0.4, -0.2) is 20.9 Å². The van der Waals surface area contributed by atoms with E-state index in [1.165, 1.54) is 0 Å². The van der Waals surface area contributed by atoms with Crippen LogP contribution in [-0.2, 0) is 13.1 Å². The number of aromatic nitrogens is 3. The van der Waals surface area contributed by atoms with Crippen molar-refractivity contribution in [3.8, 4) is 0 Å². The lowest BCUT2D eigenvalue weighted by molar-refractivity contribution is -0.182. The summed E-state index contributed by atoms with van der Waals surface area (Å²) in [6.45, 7) is 2.97. The highest BCUT2D eigenvalue weighted by Gasteiger charge is 2.42. The van der Waals surface area contributed by atoms with Gasteiger partial charge in [-0.15, -0.1) is 10.2 Å². The smallest absolute Gasteiger partial charge is 0.324 e. The summed E-state index contributed by atoms with van der Waals surface area (Å²) >= 11 is 0. The van der Waals surface area contributed by atoms with E-state index < -0.39 is 12.1 Å². The first-order valence-corrected chi connectivity index (χ1v) is 6.66.